The normalized spacial score (nSPS) is 14.9. The molecule has 162 valence electrons. The molecule has 29 heavy (non-hydrogen) atoms. The molecule has 2 amide bonds. The molecule has 1 N–H and O–H groups in total. The number of carbonyl (C=O) groups is 2. The third kappa shape index (κ3) is 6.76. The van der Waals surface area contributed by atoms with Crippen LogP contribution in [0.1, 0.15) is 71.8 Å². The summed E-state index contributed by atoms with van der Waals surface area (Å²) in [4.78, 5) is 29.5. The van der Waals surface area contributed by atoms with Crippen molar-refractivity contribution in [2.75, 3.05) is 24.3 Å². The maximum absolute atomic E-state index is 13.1. The molecule has 0 heterocycles. The lowest BCUT2D eigenvalue weighted by Crippen LogP contribution is -2.43. The van der Waals surface area contributed by atoms with E-state index in [1.807, 2.05) is 60.0 Å². The topological polar surface area (TPSA) is 52.7 Å². The Balaban J connectivity index is 2.30. The second-order valence-electron chi connectivity index (χ2n) is 9.30. The van der Waals surface area contributed by atoms with Gasteiger partial charge in [-0.2, -0.15) is 0 Å². The van der Waals surface area contributed by atoms with Gasteiger partial charge in [-0.1, -0.05) is 47.0 Å². The number of rotatable bonds is 8. The van der Waals surface area contributed by atoms with Gasteiger partial charge < -0.3 is 15.1 Å². The summed E-state index contributed by atoms with van der Waals surface area (Å²) in [6, 6.07) is 6.34. The molecule has 1 aliphatic rings. The SMILES string of the molecule is CC(C)CC(=O)Nc1ccc(N(C)C)c(CN(C(=O)C(C)C)C2CCCCC2)c1. The molecule has 0 atom stereocenters. The van der Waals surface area contributed by atoms with Gasteiger partial charge in [0.05, 0.1) is 0 Å². The van der Waals surface area contributed by atoms with E-state index >= 15 is 0 Å². The van der Waals surface area contributed by atoms with Crippen LogP contribution >= 0.6 is 0 Å². The number of nitrogens with one attached hydrogen (secondary N) is 1. The number of hydrogen-bond acceptors (Lipinski definition) is 3. The summed E-state index contributed by atoms with van der Waals surface area (Å²) in [6.07, 6.45) is 6.32. The molecule has 5 nitrogen and oxygen atoms in total. The average molecular weight is 402 g/mol. The summed E-state index contributed by atoms with van der Waals surface area (Å²) in [5, 5.41) is 3.02. The molecule has 0 saturated heterocycles. The third-order valence-corrected chi connectivity index (χ3v) is 5.57. The Morgan fingerprint density at radius 3 is 2.28 bits per heavy atom. The van der Waals surface area contributed by atoms with Crippen molar-refractivity contribution in [3.8, 4) is 0 Å². The van der Waals surface area contributed by atoms with Gasteiger partial charge >= 0.3 is 0 Å². The Bertz CT molecular complexity index is 691. The molecule has 0 aromatic heterocycles. The van der Waals surface area contributed by atoms with E-state index in [1.165, 1.54) is 19.3 Å². The molecule has 1 aromatic rings. The van der Waals surface area contributed by atoms with Crippen LogP contribution < -0.4 is 10.2 Å². The van der Waals surface area contributed by atoms with E-state index in [-0.39, 0.29) is 17.7 Å². The molecule has 0 radical (unpaired) electrons. The Morgan fingerprint density at radius 2 is 1.72 bits per heavy atom. The van der Waals surface area contributed by atoms with Crippen LogP contribution in [0.15, 0.2) is 18.2 Å². The molecule has 1 fully saturated rings. The zero-order valence-corrected chi connectivity index (χ0v) is 19.1. The molecule has 2 rings (SSSR count). The van der Waals surface area contributed by atoms with E-state index in [9.17, 15) is 9.59 Å². The van der Waals surface area contributed by atoms with E-state index < -0.39 is 0 Å². The van der Waals surface area contributed by atoms with Gasteiger partial charge in [-0.3, -0.25) is 9.59 Å². The molecule has 0 aliphatic heterocycles. The van der Waals surface area contributed by atoms with Crippen LogP contribution in [0.2, 0.25) is 0 Å². The zero-order chi connectivity index (χ0) is 21.6. The van der Waals surface area contributed by atoms with Gasteiger partial charge in [0.25, 0.3) is 0 Å². The quantitative estimate of drug-likeness (QED) is 0.663. The summed E-state index contributed by atoms with van der Waals surface area (Å²) < 4.78 is 0. The van der Waals surface area contributed by atoms with E-state index in [0.29, 0.717) is 24.9 Å². The lowest BCUT2D eigenvalue weighted by molar-refractivity contribution is -0.138. The Morgan fingerprint density at radius 1 is 1.07 bits per heavy atom. The summed E-state index contributed by atoms with van der Waals surface area (Å²) in [5.41, 5.74) is 2.97. The van der Waals surface area contributed by atoms with Crippen LogP contribution in [-0.4, -0.2) is 36.9 Å². The minimum Gasteiger partial charge on any atom is -0.377 e. The van der Waals surface area contributed by atoms with Gasteiger partial charge in [-0.05, 0) is 42.5 Å². The number of anilines is 2. The van der Waals surface area contributed by atoms with Crippen molar-refractivity contribution >= 4 is 23.2 Å². The molecule has 5 heteroatoms. The lowest BCUT2D eigenvalue weighted by atomic mass is 9.92. The third-order valence-electron chi connectivity index (χ3n) is 5.57. The van der Waals surface area contributed by atoms with Gasteiger partial charge in [0.2, 0.25) is 11.8 Å². The largest absolute Gasteiger partial charge is 0.377 e. The Hall–Kier alpha value is -2.04. The first-order chi connectivity index (χ1) is 13.7. The summed E-state index contributed by atoms with van der Waals surface area (Å²) in [6.45, 7) is 8.63. The first kappa shape index (κ1) is 23.2. The van der Waals surface area contributed by atoms with Crippen molar-refractivity contribution in [3.63, 3.8) is 0 Å². The highest BCUT2D eigenvalue weighted by Crippen LogP contribution is 2.30. The van der Waals surface area contributed by atoms with Crippen LogP contribution in [0.4, 0.5) is 11.4 Å². The fraction of sp³-hybridized carbons (Fsp3) is 0.667. The van der Waals surface area contributed by atoms with E-state index in [0.717, 1.165) is 29.8 Å². The van der Waals surface area contributed by atoms with Crippen LogP contribution in [0.25, 0.3) is 0 Å². The fourth-order valence-corrected chi connectivity index (χ4v) is 4.10. The molecule has 0 spiro atoms. The van der Waals surface area contributed by atoms with Gasteiger partial charge in [-0.15, -0.1) is 0 Å². The molecule has 1 aromatic carbocycles. The predicted molar refractivity (Wildman–Crippen MR) is 121 cm³/mol. The van der Waals surface area contributed by atoms with Crippen molar-refractivity contribution in [1.82, 2.24) is 4.90 Å². The van der Waals surface area contributed by atoms with Crippen LogP contribution in [0, 0.1) is 11.8 Å². The Labute approximate surface area is 176 Å². The van der Waals surface area contributed by atoms with Gasteiger partial charge in [0.15, 0.2) is 0 Å². The standard InChI is InChI=1S/C24H39N3O2/c1-17(2)14-23(28)25-20-12-13-22(26(5)6)19(15-20)16-27(24(29)18(3)4)21-10-8-7-9-11-21/h12-13,15,17-18,21H,7-11,14,16H2,1-6H3,(H,25,28). The fourth-order valence-electron chi connectivity index (χ4n) is 4.10. The number of nitrogens with zero attached hydrogens (tertiary/aromatic N) is 2. The van der Waals surface area contributed by atoms with E-state index in [4.69, 9.17) is 0 Å². The number of hydrogen-bond donors (Lipinski definition) is 1. The van der Waals surface area contributed by atoms with Crippen molar-refractivity contribution < 1.29 is 9.59 Å². The molecular weight excluding hydrogens is 362 g/mol. The molecular formula is C24H39N3O2. The highest BCUT2D eigenvalue weighted by atomic mass is 16.2. The first-order valence-corrected chi connectivity index (χ1v) is 11.1. The van der Waals surface area contributed by atoms with E-state index in [1.54, 1.807) is 0 Å². The second-order valence-corrected chi connectivity index (χ2v) is 9.30. The summed E-state index contributed by atoms with van der Waals surface area (Å²) in [7, 11) is 4.04. The van der Waals surface area contributed by atoms with Crippen LogP contribution in [-0.2, 0) is 16.1 Å². The number of carbonyl (C=O) groups excluding carboxylic acids is 2. The summed E-state index contributed by atoms with van der Waals surface area (Å²) in [5.74, 6) is 0.552. The van der Waals surface area contributed by atoms with Crippen molar-refractivity contribution in [3.05, 3.63) is 23.8 Å². The monoisotopic (exact) mass is 401 g/mol. The van der Waals surface area contributed by atoms with E-state index in [2.05, 4.69) is 15.1 Å². The predicted octanol–water partition coefficient (Wildman–Crippen LogP) is 5.05. The van der Waals surface area contributed by atoms with Crippen molar-refractivity contribution in [1.29, 1.82) is 0 Å². The molecule has 0 unspecified atom stereocenters. The molecule has 0 bridgehead atoms. The maximum atomic E-state index is 13.1. The lowest BCUT2D eigenvalue weighted by Gasteiger charge is -2.36. The average Bonchev–Trinajstić information content (AvgIpc) is 2.65. The minimum atomic E-state index is -0.0198. The van der Waals surface area contributed by atoms with Crippen LogP contribution in [0.5, 0.6) is 0 Å². The zero-order valence-electron chi connectivity index (χ0n) is 19.1. The van der Waals surface area contributed by atoms with Crippen molar-refractivity contribution in [2.24, 2.45) is 11.8 Å². The molecule has 1 aliphatic carbocycles. The summed E-state index contributed by atoms with van der Waals surface area (Å²) >= 11 is 0. The van der Waals surface area contributed by atoms with Crippen LogP contribution in [0.3, 0.4) is 0 Å². The second kappa shape index (κ2) is 10.7. The highest BCUT2D eigenvalue weighted by Gasteiger charge is 2.28. The first-order valence-electron chi connectivity index (χ1n) is 11.1. The number of benzene rings is 1. The number of amides is 2. The van der Waals surface area contributed by atoms with Crippen molar-refractivity contribution in [2.45, 2.75) is 78.8 Å². The minimum absolute atomic E-state index is 0.0198. The maximum Gasteiger partial charge on any atom is 0.225 e. The molecule has 1 saturated carbocycles. The highest BCUT2D eigenvalue weighted by molar-refractivity contribution is 5.91. The van der Waals surface area contributed by atoms with Gasteiger partial charge in [0, 0.05) is 50.4 Å². The van der Waals surface area contributed by atoms with Gasteiger partial charge in [-0.25, -0.2) is 0 Å². The smallest absolute Gasteiger partial charge is 0.225 e. The Kier molecular flexibility index (Phi) is 8.54. The van der Waals surface area contributed by atoms with Gasteiger partial charge in [0.1, 0.15) is 0 Å².